The molecule has 0 saturated carbocycles. The van der Waals surface area contributed by atoms with Gasteiger partial charge in [-0.15, -0.1) is 0 Å². The van der Waals surface area contributed by atoms with Gasteiger partial charge >= 0.3 is 5.97 Å². The second-order valence-electron chi connectivity index (χ2n) is 5.30. The van der Waals surface area contributed by atoms with Crippen LogP contribution in [-0.4, -0.2) is 51.6 Å². The first-order chi connectivity index (χ1) is 11.3. The molecule has 7 nitrogen and oxygen atoms in total. The number of thiocarbonyl (C=S) groups is 1. The third-order valence-corrected chi connectivity index (χ3v) is 3.38. The van der Waals surface area contributed by atoms with Gasteiger partial charge in [0.05, 0.1) is 17.5 Å². The van der Waals surface area contributed by atoms with Gasteiger partial charge in [-0.2, -0.15) is 0 Å². The molecule has 1 aromatic carbocycles. The summed E-state index contributed by atoms with van der Waals surface area (Å²) >= 11 is 5.07. The van der Waals surface area contributed by atoms with Gasteiger partial charge in [-0.05, 0) is 18.9 Å². The second kappa shape index (κ2) is 9.74. The molecule has 0 unspecified atom stereocenters. The van der Waals surface area contributed by atoms with Crippen molar-refractivity contribution in [2.24, 2.45) is 0 Å². The summed E-state index contributed by atoms with van der Waals surface area (Å²) in [7, 11) is 0. The predicted molar refractivity (Wildman–Crippen MR) is 91.6 cm³/mol. The zero-order valence-corrected chi connectivity index (χ0v) is 14.0. The van der Waals surface area contributed by atoms with E-state index in [-0.39, 0.29) is 23.6 Å². The molecule has 0 radical (unpaired) electrons. The number of hydrogen-bond donors (Lipinski definition) is 4. The molecule has 2 atom stereocenters. The van der Waals surface area contributed by atoms with Gasteiger partial charge in [-0.1, -0.05) is 42.5 Å². The van der Waals surface area contributed by atoms with Gasteiger partial charge in [0.2, 0.25) is 0 Å². The molecule has 0 saturated heterocycles. The molecule has 0 aliphatic rings. The van der Waals surface area contributed by atoms with Crippen molar-refractivity contribution in [3.63, 3.8) is 0 Å². The summed E-state index contributed by atoms with van der Waals surface area (Å²) in [4.78, 5) is 33.8. The number of aliphatic hydroxyl groups is 1. The number of carbonyl (C=O) groups excluding carboxylic acids is 2. The SMILES string of the molecule is CC(=O)CC(=S)N[C@H](Cc1ccccc1)[C@H](O)C(=O)NCC(=O)O. The van der Waals surface area contributed by atoms with Crippen molar-refractivity contribution in [1.29, 1.82) is 0 Å². The highest BCUT2D eigenvalue weighted by atomic mass is 32.1. The van der Waals surface area contributed by atoms with Crippen LogP contribution in [0.2, 0.25) is 0 Å². The fourth-order valence-corrected chi connectivity index (χ4v) is 2.40. The molecule has 24 heavy (non-hydrogen) atoms. The average Bonchev–Trinajstić information content (AvgIpc) is 2.51. The van der Waals surface area contributed by atoms with E-state index in [0.29, 0.717) is 0 Å². The Bertz CT molecular complexity index is 606. The molecule has 0 fully saturated rings. The van der Waals surface area contributed by atoms with Crippen LogP contribution < -0.4 is 10.6 Å². The van der Waals surface area contributed by atoms with E-state index in [1.165, 1.54) is 6.92 Å². The Morgan fingerprint density at radius 1 is 1.21 bits per heavy atom. The largest absolute Gasteiger partial charge is 0.480 e. The van der Waals surface area contributed by atoms with Crippen LogP contribution in [0.4, 0.5) is 0 Å². The van der Waals surface area contributed by atoms with Crippen molar-refractivity contribution in [3.8, 4) is 0 Å². The minimum absolute atomic E-state index is 0.00406. The number of aliphatic carboxylic acids is 1. The maximum absolute atomic E-state index is 11.9. The first kappa shape index (κ1) is 19.7. The monoisotopic (exact) mass is 352 g/mol. The fraction of sp³-hybridized carbons (Fsp3) is 0.375. The normalized spacial score (nSPS) is 12.8. The van der Waals surface area contributed by atoms with Gasteiger partial charge < -0.3 is 20.8 Å². The smallest absolute Gasteiger partial charge is 0.322 e. The number of amides is 1. The summed E-state index contributed by atoms with van der Waals surface area (Å²) in [5, 5.41) is 23.8. The Morgan fingerprint density at radius 2 is 1.83 bits per heavy atom. The number of nitrogens with one attached hydrogen (secondary N) is 2. The Labute approximate surface area is 145 Å². The minimum Gasteiger partial charge on any atom is -0.480 e. The highest BCUT2D eigenvalue weighted by Crippen LogP contribution is 2.08. The van der Waals surface area contributed by atoms with E-state index in [2.05, 4.69) is 10.6 Å². The van der Waals surface area contributed by atoms with Crippen LogP contribution >= 0.6 is 12.2 Å². The third-order valence-electron chi connectivity index (χ3n) is 3.12. The van der Waals surface area contributed by atoms with E-state index in [1.807, 2.05) is 30.3 Å². The Morgan fingerprint density at radius 3 is 2.38 bits per heavy atom. The highest BCUT2D eigenvalue weighted by molar-refractivity contribution is 7.80. The molecule has 4 N–H and O–H groups in total. The molecule has 0 bridgehead atoms. The molecule has 130 valence electrons. The number of carboxylic acid groups (broad SMARTS) is 1. The predicted octanol–water partition coefficient (Wildman–Crippen LogP) is 0.0555. The van der Waals surface area contributed by atoms with Crippen molar-refractivity contribution in [2.45, 2.75) is 31.9 Å². The van der Waals surface area contributed by atoms with Crippen LogP contribution in [0.15, 0.2) is 30.3 Å². The Hall–Kier alpha value is -2.32. The number of benzene rings is 1. The zero-order valence-electron chi connectivity index (χ0n) is 13.2. The molecule has 8 heteroatoms. The summed E-state index contributed by atoms with van der Waals surface area (Å²) in [5.41, 5.74) is 0.853. The topological polar surface area (TPSA) is 116 Å². The number of carbonyl (C=O) groups is 3. The van der Waals surface area contributed by atoms with E-state index < -0.39 is 30.6 Å². The molecule has 0 aliphatic carbocycles. The van der Waals surface area contributed by atoms with Crippen molar-refractivity contribution >= 4 is 34.9 Å². The molecular weight excluding hydrogens is 332 g/mol. The summed E-state index contributed by atoms with van der Waals surface area (Å²) in [5.74, 6) is -2.18. The lowest BCUT2D eigenvalue weighted by molar-refractivity contribution is -0.139. The Balaban J connectivity index is 2.82. The molecule has 1 aromatic rings. The molecule has 0 spiro atoms. The van der Waals surface area contributed by atoms with Gasteiger partial charge in [-0.3, -0.25) is 14.4 Å². The molecule has 1 rings (SSSR count). The van der Waals surface area contributed by atoms with E-state index in [0.717, 1.165) is 5.56 Å². The molecule has 0 heterocycles. The van der Waals surface area contributed by atoms with Gasteiger partial charge in [0, 0.05) is 0 Å². The minimum atomic E-state index is -1.52. The zero-order chi connectivity index (χ0) is 18.1. The number of carboxylic acids is 1. The molecule has 0 aliphatic heterocycles. The highest BCUT2D eigenvalue weighted by Gasteiger charge is 2.27. The first-order valence-electron chi connectivity index (χ1n) is 7.30. The van der Waals surface area contributed by atoms with Crippen LogP contribution in [0.25, 0.3) is 0 Å². The summed E-state index contributed by atoms with van der Waals surface area (Å²) < 4.78 is 0. The van der Waals surface area contributed by atoms with Crippen LogP contribution in [0.5, 0.6) is 0 Å². The lowest BCUT2D eigenvalue weighted by atomic mass is 10.0. The van der Waals surface area contributed by atoms with E-state index >= 15 is 0 Å². The van der Waals surface area contributed by atoms with E-state index in [9.17, 15) is 19.5 Å². The van der Waals surface area contributed by atoms with Crippen molar-refractivity contribution < 1.29 is 24.6 Å². The standard InChI is InChI=1S/C16H20N2O5S/c1-10(19)7-13(24)18-12(8-11-5-3-2-4-6-11)15(22)16(23)17-9-14(20)21/h2-6,12,15,22H,7-9H2,1H3,(H,17,23)(H,18,24)(H,20,21)/t12-,15+/m1/s1. The summed E-state index contributed by atoms with van der Waals surface area (Å²) in [6.07, 6.45) is -1.24. The van der Waals surface area contributed by atoms with Crippen LogP contribution in [0, 0.1) is 0 Å². The molecule has 1 amide bonds. The van der Waals surface area contributed by atoms with Gasteiger partial charge in [0.15, 0.2) is 6.10 Å². The lowest BCUT2D eigenvalue weighted by Crippen LogP contribution is -2.52. The molecule has 0 aromatic heterocycles. The van der Waals surface area contributed by atoms with Gasteiger partial charge in [0.25, 0.3) is 5.91 Å². The van der Waals surface area contributed by atoms with Crippen molar-refractivity contribution in [3.05, 3.63) is 35.9 Å². The van der Waals surface area contributed by atoms with Crippen LogP contribution in [-0.2, 0) is 20.8 Å². The van der Waals surface area contributed by atoms with Gasteiger partial charge in [0.1, 0.15) is 12.3 Å². The number of ketones is 1. The van der Waals surface area contributed by atoms with E-state index in [4.69, 9.17) is 17.3 Å². The maximum Gasteiger partial charge on any atom is 0.322 e. The van der Waals surface area contributed by atoms with Crippen molar-refractivity contribution in [2.75, 3.05) is 6.54 Å². The summed E-state index contributed by atoms with van der Waals surface area (Å²) in [6.45, 7) is 0.794. The quantitative estimate of drug-likeness (QED) is 0.464. The van der Waals surface area contributed by atoms with E-state index in [1.54, 1.807) is 0 Å². The van der Waals surface area contributed by atoms with Crippen LogP contribution in [0.3, 0.4) is 0 Å². The number of aliphatic hydroxyl groups excluding tert-OH is 1. The maximum atomic E-state index is 11.9. The molecular formula is C16H20N2O5S. The number of hydrogen-bond acceptors (Lipinski definition) is 5. The first-order valence-corrected chi connectivity index (χ1v) is 7.70. The average molecular weight is 352 g/mol. The summed E-state index contributed by atoms with van der Waals surface area (Å²) in [6, 6.07) is 8.33. The van der Waals surface area contributed by atoms with Gasteiger partial charge in [-0.25, -0.2) is 0 Å². The van der Waals surface area contributed by atoms with Crippen molar-refractivity contribution in [1.82, 2.24) is 10.6 Å². The third kappa shape index (κ3) is 7.30. The number of Topliss-reactive ketones (excluding diaryl/α,β-unsaturated/α-hetero) is 1. The second-order valence-corrected chi connectivity index (χ2v) is 5.79. The number of rotatable bonds is 9. The lowest BCUT2D eigenvalue weighted by Gasteiger charge is -2.24. The Kier molecular flexibility index (Phi) is 8.00. The van der Waals surface area contributed by atoms with Crippen LogP contribution in [0.1, 0.15) is 18.9 Å². The fourth-order valence-electron chi connectivity index (χ4n) is 2.04.